The number of carbonyl (C=O) groups is 1. The van der Waals surface area contributed by atoms with Crippen LogP contribution >= 0.6 is 0 Å². The molecule has 1 atom stereocenters. The minimum absolute atomic E-state index is 0.170. The fourth-order valence-corrected chi connectivity index (χ4v) is 4.83. The van der Waals surface area contributed by atoms with Crippen LogP contribution in [0.4, 0.5) is 0 Å². The minimum Gasteiger partial charge on any atom is -0.481 e. The summed E-state index contributed by atoms with van der Waals surface area (Å²) in [5.41, 5.74) is 1.94. The molecule has 2 aliphatic heterocycles. The van der Waals surface area contributed by atoms with Crippen LogP contribution in [0.5, 0.6) is 0 Å². The summed E-state index contributed by atoms with van der Waals surface area (Å²) >= 11 is 0. The predicted octanol–water partition coefficient (Wildman–Crippen LogP) is 1.25. The fraction of sp³-hybridized carbons (Fsp3) is 0.533. The van der Waals surface area contributed by atoms with E-state index in [-0.39, 0.29) is 17.5 Å². The van der Waals surface area contributed by atoms with Crippen LogP contribution in [0.2, 0.25) is 0 Å². The highest BCUT2D eigenvalue weighted by Gasteiger charge is 2.35. The van der Waals surface area contributed by atoms with E-state index >= 15 is 0 Å². The fourth-order valence-electron chi connectivity index (χ4n) is 3.37. The number of sulfone groups is 1. The predicted molar refractivity (Wildman–Crippen MR) is 78.9 cm³/mol. The second-order valence-corrected chi connectivity index (χ2v) is 8.21. The molecule has 5 nitrogen and oxygen atoms in total. The highest BCUT2D eigenvalue weighted by molar-refractivity contribution is 7.91. The number of fused-ring (bicyclic) bond motifs is 1. The van der Waals surface area contributed by atoms with Gasteiger partial charge in [-0.05, 0) is 24.0 Å². The van der Waals surface area contributed by atoms with Crippen LogP contribution in [0.25, 0.3) is 0 Å². The van der Waals surface area contributed by atoms with Crippen molar-refractivity contribution in [3.8, 4) is 0 Å². The summed E-state index contributed by atoms with van der Waals surface area (Å²) in [5, 5.41) is 9.46. The van der Waals surface area contributed by atoms with Crippen molar-refractivity contribution < 1.29 is 18.3 Å². The number of benzene rings is 1. The second-order valence-electron chi connectivity index (χ2n) is 5.90. The maximum atomic E-state index is 11.5. The monoisotopic (exact) mass is 309 g/mol. The summed E-state index contributed by atoms with van der Waals surface area (Å²) in [6, 6.07) is 7.82. The van der Waals surface area contributed by atoms with E-state index in [1.54, 1.807) is 0 Å². The van der Waals surface area contributed by atoms with Gasteiger partial charge in [-0.1, -0.05) is 24.3 Å². The van der Waals surface area contributed by atoms with Gasteiger partial charge in [-0.15, -0.1) is 0 Å². The standard InChI is InChI=1S/C15H19NO4S/c17-15(18)14-10-16(9-11-3-1-2-4-13(11)14)12-5-7-21(19,20)8-6-12/h1-4,12,14H,5-10H2,(H,17,18). The number of hydrogen-bond acceptors (Lipinski definition) is 4. The Morgan fingerprint density at radius 2 is 1.86 bits per heavy atom. The Labute approximate surface area is 124 Å². The molecule has 1 unspecified atom stereocenters. The number of carboxylic acid groups (broad SMARTS) is 1. The molecule has 0 aromatic heterocycles. The van der Waals surface area contributed by atoms with Gasteiger partial charge in [0.1, 0.15) is 9.84 Å². The van der Waals surface area contributed by atoms with E-state index in [1.807, 2.05) is 24.3 Å². The summed E-state index contributed by atoms with van der Waals surface area (Å²) in [4.78, 5) is 13.7. The van der Waals surface area contributed by atoms with Crippen molar-refractivity contribution in [2.24, 2.45) is 0 Å². The zero-order valence-electron chi connectivity index (χ0n) is 11.7. The zero-order chi connectivity index (χ0) is 15.0. The molecule has 114 valence electrons. The average molecular weight is 309 g/mol. The Hall–Kier alpha value is -1.40. The third kappa shape index (κ3) is 2.96. The second kappa shape index (κ2) is 5.42. The van der Waals surface area contributed by atoms with Crippen molar-refractivity contribution in [1.29, 1.82) is 0 Å². The van der Waals surface area contributed by atoms with Crippen molar-refractivity contribution in [2.75, 3.05) is 18.1 Å². The highest BCUT2D eigenvalue weighted by Crippen LogP contribution is 2.32. The topological polar surface area (TPSA) is 74.7 Å². The zero-order valence-corrected chi connectivity index (χ0v) is 12.6. The largest absolute Gasteiger partial charge is 0.481 e. The Bertz CT molecular complexity index is 641. The van der Waals surface area contributed by atoms with E-state index in [0.717, 1.165) is 11.1 Å². The van der Waals surface area contributed by atoms with Gasteiger partial charge < -0.3 is 5.11 Å². The molecule has 1 saturated heterocycles. The van der Waals surface area contributed by atoms with Gasteiger partial charge in [-0.2, -0.15) is 0 Å². The molecule has 2 heterocycles. The van der Waals surface area contributed by atoms with Gasteiger partial charge in [0.15, 0.2) is 0 Å². The van der Waals surface area contributed by atoms with Gasteiger partial charge in [-0.3, -0.25) is 9.69 Å². The first-order valence-corrected chi connectivity index (χ1v) is 9.03. The normalized spacial score (nSPS) is 26.2. The van der Waals surface area contributed by atoms with E-state index < -0.39 is 21.7 Å². The number of nitrogens with zero attached hydrogens (tertiary/aromatic N) is 1. The molecule has 21 heavy (non-hydrogen) atoms. The molecule has 0 spiro atoms. The van der Waals surface area contributed by atoms with E-state index in [9.17, 15) is 18.3 Å². The van der Waals surface area contributed by atoms with Crippen LogP contribution in [0.15, 0.2) is 24.3 Å². The van der Waals surface area contributed by atoms with Gasteiger partial charge in [-0.25, -0.2) is 8.42 Å². The molecule has 0 saturated carbocycles. The van der Waals surface area contributed by atoms with Crippen LogP contribution in [0.3, 0.4) is 0 Å². The third-order valence-electron chi connectivity index (χ3n) is 4.56. The molecule has 0 aliphatic carbocycles. The van der Waals surface area contributed by atoms with E-state index in [1.165, 1.54) is 0 Å². The number of hydrogen-bond donors (Lipinski definition) is 1. The molecular formula is C15H19NO4S. The van der Waals surface area contributed by atoms with Gasteiger partial charge >= 0.3 is 5.97 Å². The Balaban J connectivity index is 1.82. The molecule has 0 amide bonds. The summed E-state index contributed by atoms with van der Waals surface area (Å²) in [7, 11) is -2.89. The third-order valence-corrected chi connectivity index (χ3v) is 6.28. The van der Waals surface area contributed by atoms with Crippen molar-refractivity contribution in [2.45, 2.75) is 31.3 Å². The molecule has 0 bridgehead atoms. The van der Waals surface area contributed by atoms with Crippen LogP contribution in [-0.4, -0.2) is 48.5 Å². The molecule has 1 aromatic rings. The SMILES string of the molecule is O=C(O)C1CN(C2CCS(=O)(=O)CC2)Cc2ccccc21. The molecule has 1 fully saturated rings. The van der Waals surface area contributed by atoms with Crippen molar-refractivity contribution >= 4 is 15.8 Å². The van der Waals surface area contributed by atoms with Crippen molar-refractivity contribution in [3.05, 3.63) is 35.4 Å². The van der Waals surface area contributed by atoms with Gasteiger partial charge in [0.2, 0.25) is 0 Å². The Morgan fingerprint density at radius 1 is 1.19 bits per heavy atom. The van der Waals surface area contributed by atoms with Gasteiger partial charge in [0, 0.05) is 19.1 Å². The van der Waals surface area contributed by atoms with E-state index in [4.69, 9.17) is 0 Å². The van der Waals surface area contributed by atoms with Crippen LogP contribution in [-0.2, 0) is 21.2 Å². The van der Waals surface area contributed by atoms with Gasteiger partial charge in [0.05, 0.1) is 17.4 Å². The number of carboxylic acids is 1. The Kier molecular flexibility index (Phi) is 3.75. The quantitative estimate of drug-likeness (QED) is 0.890. The lowest BCUT2D eigenvalue weighted by Crippen LogP contribution is -2.46. The summed E-state index contributed by atoms with van der Waals surface area (Å²) in [5.74, 6) is -0.898. The molecule has 1 aromatic carbocycles. The molecule has 1 N–H and O–H groups in total. The average Bonchev–Trinajstić information content (AvgIpc) is 2.46. The smallest absolute Gasteiger partial charge is 0.312 e. The first-order valence-electron chi connectivity index (χ1n) is 7.21. The van der Waals surface area contributed by atoms with Crippen LogP contribution in [0.1, 0.15) is 29.9 Å². The summed E-state index contributed by atoms with van der Waals surface area (Å²) < 4.78 is 23.1. The Morgan fingerprint density at radius 3 is 2.52 bits per heavy atom. The lowest BCUT2D eigenvalue weighted by Gasteiger charge is -2.39. The lowest BCUT2D eigenvalue weighted by atomic mass is 9.88. The van der Waals surface area contributed by atoms with Crippen molar-refractivity contribution in [1.82, 2.24) is 4.90 Å². The lowest BCUT2D eigenvalue weighted by molar-refractivity contribution is -0.139. The minimum atomic E-state index is -2.89. The highest BCUT2D eigenvalue weighted by atomic mass is 32.2. The molecular weight excluding hydrogens is 290 g/mol. The van der Waals surface area contributed by atoms with E-state index in [2.05, 4.69) is 4.90 Å². The molecule has 3 rings (SSSR count). The van der Waals surface area contributed by atoms with E-state index in [0.29, 0.717) is 25.9 Å². The number of aliphatic carboxylic acids is 1. The van der Waals surface area contributed by atoms with Crippen LogP contribution < -0.4 is 0 Å². The number of rotatable bonds is 2. The molecule has 6 heteroatoms. The maximum absolute atomic E-state index is 11.5. The maximum Gasteiger partial charge on any atom is 0.312 e. The summed E-state index contributed by atoms with van der Waals surface area (Å²) in [6.07, 6.45) is 1.22. The first-order chi connectivity index (χ1) is 9.96. The van der Waals surface area contributed by atoms with Gasteiger partial charge in [0.25, 0.3) is 0 Å². The van der Waals surface area contributed by atoms with Crippen molar-refractivity contribution in [3.63, 3.8) is 0 Å². The molecule has 0 radical (unpaired) electrons. The first kappa shape index (κ1) is 14.5. The molecule has 2 aliphatic rings. The summed E-state index contributed by atoms with van der Waals surface area (Å²) in [6.45, 7) is 1.18. The van der Waals surface area contributed by atoms with Crippen LogP contribution in [0, 0.1) is 0 Å².